The molecule has 0 bridgehead atoms. The van der Waals surface area contributed by atoms with E-state index in [-0.39, 0.29) is 5.91 Å². The molecule has 1 amide bonds. The second-order valence-corrected chi connectivity index (χ2v) is 5.46. The third kappa shape index (κ3) is 3.11. The first-order valence-corrected chi connectivity index (χ1v) is 7.26. The summed E-state index contributed by atoms with van der Waals surface area (Å²) >= 11 is 0. The van der Waals surface area contributed by atoms with Crippen LogP contribution in [0.15, 0.2) is 42.5 Å². The fourth-order valence-corrected chi connectivity index (χ4v) is 2.30. The third-order valence-corrected chi connectivity index (χ3v) is 3.77. The van der Waals surface area contributed by atoms with E-state index in [0.717, 1.165) is 16.8 Å². The number of aromatic nitrogens is 4. The van der Waals surface area contributed by atoms with Crippen LogP contribution in [0, 0.1) is 13.8 Å². The number of anilines is 1. The number of nitrogens with zero attached hydrogens (tertiary/aromatic N) is 4. The van der Waals surface area contributed by atoms with Gasteiger partial charge < -0.3 is 5.32 Å². The van der Waals surface area contributed by atoms with Crippen molar-refractivity contribution in [1.82, 2.24) is 20.2 Å². The van der Waals surface area contributed by atoms with Crippen molar-refractivity contribution in [2.75, 3.05) is 5.32 Å². The summed E-state index contributed by atoms with van der Waals surface area (Å²) in [6.45, 7) is 4.06. The zero-order valence-corrected chi connectivity index (χ0v) is 13.2. The Morgan fingerprint density at radius 1 is 1.09 bits per heavy atom. The third-order valence-electron chi connectivity index (χ3n) is 3.77. The van der Waals surface area contributed by atoms with Crippen LogP contribution in [0.5, 0.6) is 0 Å². The van der Waals surface area contributed by atoms with Gasteiger partial charge >= 0.3 is 0 Å². The van der Waals surface area contributed by atoms with Crippen molar-refractivity contribution in [3.05, 3.63) is 59.2 Å². The molecular weight excluding hydrogens is 290 g/mol. The molecule has 23 heavy (non-hydrogen) atoms. The Morgan fingerprint density at radius 3 is 2.61 bits per heavy atom. The van der Waals surface area contributed by atoms with E-state index < -0.39 is 0 Å². The predicted octanol–water partition coefficient (Wildman–Crippen LogP) is 2.75. The topological polar surface area (TPSA) is 72.7 Å². The molecular formula is C17H17N5O. The summed E-state index contributed by atoms with van der Waals surface area (Å²) in [7, 11) is 1.76. The van der Waals surface area contributed by atoms with Crippen LogP contribution in [0.3, 0.4) is 0 Å². The Labute approximate surface area is 134 Å². The molecule has 6 nitrogen and oxygen atoms in total. The number of carbonyl (C=O) groups excluding carboxylic acids is 1. The smallest absolute Gasteiger partial charge is 0.255 e. The number of benzene rings is 2. The average Bonchev–Trinajstić information content (AvgIpc) is 2.97. The molecule has 1 heterocycles. The minimum absolute atomic E-state index is 0.162. The van der Waals surface area contributed by atoms with Crippen molar-refractivity contribution in [3.63, 3.8) is 0 Å². The monoisotopic (exact) mass is 307 g/mol. The van der Waals surface area contributed by atoms with Crippen molar-refractivity contribution in [2.24, 2.45) is 7.05 Å². The maximum Gasteiger partial charge on any atom is 0.255 e. The van der Waals surface area contributed by atoms with E-state index in [0.29, 0.717) is 11.4 Å². The summed E-state index contributed by atoms with van der Waals surface area (Å²) in [6.07, 6.45) is 0. The standard InChI is InChI=1S/C17H17N5O/c1-11-7-8-15(9-12(11)2)18-17(23)14-6-4-5-13(10-14)16-19-20-21-22(16)3/h4-10H,1-3H3,(H,18,23). The quantitative estimate of drug-likeness (QED) is 0.807. The average molecular weight is 307 g/mol. The van der Waals surface area contributed by atoms with Crippen molar-refractivity contribution in [1.29, 1.82) is 0 Å². The van der Waals surface area contributed by atoms with Gasteiger partial charge in [-0.2, -0.15) is 0 Å². The lowest BCUT2D eigenvalue weighted by atomic mass is 10.1. The lowest BCUT2D eigenvalue weighted by Gasteiger charge is -2.08. The molecule has 1 N–H and O–H groups in total. The minimum Gasteiger partial charge on any atom is -0.322 e. The van der Waals surface area contributed by atoms with E-state index >= 15 is 0 Å². The molecule has 116 valence electrons. The molecule has 2 aromatic carbocycles. The largest absolute Gasteiger partial charge is 0.322 e. The molecule has 0 fully saturated rings. The minimum atomic E-state index is -0.162. The van der Waals surface area contributed by atoms with Crippen LogP contribution in [0.1, 0.15) is 21.5 Å². The Kier molecular flexibility index (Phi) is 3.89. The first-order chi connectivity index (χ1) is 11.0. The molecule has 0 atom stereocenters. The van der Waals surface area contributed by atoms with Crippen molar-refractivity contribution in [3.8, 4) is 11.4 Å². The number of rotatable bonds is 3. The molecule has 0 saturated carbocycles. The lowest BCUT2D eigenvalue weighted by Crippen LogP contribution is -2.12. The van der Waals surface area contributed by atoms with Gasteiger partial charge in [0.2, 0.25) is 0 Å². The first-order valence-electron chi connectivity index (χ1n) is 7.26. The second-order valence-electron chi connectivity index (χ2n) is 5.46. The van der Waals surface area contributed by atoms with E-state index in [9.17, 15) is 4.79 Å². The molecule has 3 rings (SSSR count). The van der Waals surface area contributed by atoms with Crippen LogP contribution in [-0.2, 0) is 7.05 Å². The fourth-order valence-electron chi connectivity index (χ4n) is 2.30. The van der Waals surface area contributed by atoms with Gasteiger partial charge in [0.1, 0.15) is 0 Å². The normalized spacial score (nSPS) is 10.6. The molecule has 0 aliphatic heterocycles. The van der Waals surface area contributed by atoms with Crippen LogP contribution < -0.4 is 5.32 Å². The van der Waals surface area contributed by atoms with Gasteiger partial charge in [0.15, 0.2) is 5.82 Å². The zero-order valence-electron chi connectivity index (χ0n) is 13.2. The number of aryl methyl sites for hydroxylation is 3. The number of carbonyl (C=O) groups is 1. The number of amides is 1. The highest BCUT2D eigenvalue weighted by atomic mass is 16.1. The summed E-state index contributed by atoms with van der Waals surface area (Å²) in [5.41, 5.74) is 4.47. The number of nitrogens with one attached hydrogen (secondary N) is 1. The van der Waals surface area contributed by atoms with Crippen LogP contribution in [0.4, 0.5) is 5.69 Å². The van der Waals surface area contributed by atoms with E-state index in [1.807, 2.05) is 44.2 Å². The molecule has 0 radical (unpaired) electrons. The number of tetrazole rings is 1. The van der Waals surface area contributed by atoms with E-state index in [1.54, 1.807) is 23.9 Å². The number of hydrogen-bond acceptors (Lipinski definition) is 4. The predicted molar refractivity (Wildman–Crippen MR) is 88.1 cm³/mol. The Balaban J connectivity index is 1.85. The fraction of sp³-hybridized carbons (Fsp3) is 0.176. The second kappa shape index (κ2) is 6.00. The van der Waals surface area contributed by atoms with Crippen molar-refractivity contribution >= 4 is 11.6 Å². The SMILES string of the molecule is Cc1ccc(NC(=O)c2cccc(-c3nnnn3C)c2)cc1C. The maximum absolute atomic E-state index is 12.4. The summed E-state index contributed by atoms with van der Waals surface area (Å²) in [4.78, 5) is 12.4. The maximum atomic E-state index is 12.4. The Morgan fingerprint density at radius 2 is 1.91 bits per heavy atom. The molecule has 0 unspecified atom stereocenters. The zero-order chi connectivity index (χ0) is 16.4. The molecule has 0 aliphatic carbocycles. The van der Waals surface area contributed by atoms with Crippen molar-refractivity contribution in [2.45, 2.75) is 13.8 Å². The van der Waals surface area contributed by atoms with Gasteiger partial charge in [-0.05, 0) is 59.7 Å². The van der Waals surface area contributed by atoms with Gasteiger partial charge in [0.25, 0.3) is 5.91 Å². The van der Waals surface area contributed by atoms with Gasteiger partial charge in [-0.1, -0.05) is 18.2 Å². The van der Waals surface area contributed by atoms with Crippen LogP contribution in [0.25, 0.3) is 11.4 Å². The molecule has 6 heteroatoms. The molecule has 0 spiro atoms. The highest BCUT2D eigenvalue weighted by Gasteiger charge is 2.11. The molecule has 0 aliphatic rings. The summed E-state index contributed by atoms with van der Waals surface area (Å²) in [6, 6.07) is 13.1. The number of hydrogen-bond donors (Lipinski definition) is 1. The van der Waals surface area contributed by atoms with Crippen molar-refractivity contribution < 1.29 is 4.79 Å². The first kappa shape index (κ1) is 14.9. The summed E-state index contributed by atoms with van der Waals surface area (Å²) < 4.78 is 1.57. The van der Waals surface area contributed by atoms with E-state index in [2.05, 4.69) is 20.8 Å². The van der Waals surface area contributed by atoms with E-state index in [1.165, 1.54) is 5.56 Å². The summed E-state index contributed by atoms with van der Waals surface area (Å²) in [5, 5.41) is 14.3. The van der Waals surface area contributed by atoms with Gasteiger partial charge in [-0.3, -0.25) is 4.79 Å². The molecule has 0 saturated heterocycles. The van der Waals surface area contributed by atoms with Gasteiger partial charge in [0, 0.05) is 23.9 Å². The van der Waals surface area contributed by atoms with Gasteiger partial charge in [-0.15, -0.1) is 5.10 Å². The highest BCUT2D eigenvalue weighted by Crippen LogP contribution is 2.19. The lowest BCUT2D eigenvalue weighted by molar-refractivity contribution is 0.102. The van der Waals surface area contributed by atoms with Gasteiger partial charge in [0.05, 0.1) is 0 Å². The molecule has 1 aromatic heterocycles. The highest BCUT2D eigenvalue weighted by molar-refractivity contribution is 6.04. The Bertz CT molecular complexity index is 869. The Hall–Kier alpha value is -3.02. The van der Waals surface area contributed by atoms with Crippen LogP contribution in [-0.4, -0.2) is 26.1 Å². The van der Waals surface area contributed by atoms with Gasteiger partial charge in [-0.25, -0.2) is 4.68 Å². The summed E-state index contributed by atoms with van der Waals surface area (Å²) in [5.74, 6) is 0.455. The van der Waals surface area contributed by atoms with Crippen LogP contribution >= 0.6 is 0 Å². The van der Waals surface area contributed by atoms with Crippen LogP contribution in [0.2, 0.25) is 0 Å². The van der Waals surface area contributed by atoms with E-state index in [4.69, 9.17) is 0 Å². The molecule has 3 aromatic rings.